The van der Waals surface area contributed by atoms with Gasteiger partial charge in [0.2, 0.25) is 0 Å². The quantitative estimate of drug-likeness (QED) is 0.214. The molecule has 0 amide bonds. The molecule has 1 aromatic heterocycles. The van der Waals surface area contributed by atoms with Gasteiger partial charge in [-0.2, -0.15) is 0 Å². The monoisotopic (exact) mass is 514 g/mol. The van der Waals surface area contributed by atoms with Crippen LogP contribution < -0.4 is 0 Å². The lowest BCUT2D eigenvalue weighted by Gasteiger charge is -2.18. The molecule has 7 aromatic carbocycles. The fraction of sp³-hybridized carbons (Fsp3) is 0. The van der Waals surface area contributed by atoms with Crippen LogP contribution in [0.1, 0.15) is 24.7 Å². The molecule has 1 nitrogen and oxygen atoms in total. The van der Waals surface area contributed by atoms with Gasteiger partial charge in [-0.1, -0.05) is 139 Å². The number of rotatable bonds is 3. The summed E-state index contributed by atoms with van der Waals surface area (Å²) in [7, 11) is 0. The summed E-state index contributed by atoms with van der Waals surface area (Å²) >= 11 is 0. The van der Waals surface area contributed by atoms with Crippen molar-refractivity contribution < 1.29 is 29.1 Å². The first-order chi connectivity index (χ1) is 26.8. The van der Waals surface area contributed by atoms with Crippen LogP contribution in [0.2, 0.25) is 0 Å². The van der Waals surface area contributed by atoms with Gasteiger partial charge in [0.15, 0.2) is 0 Å². The second-order valence-electron chi connectivity index (χ2n) is 8.71. The highest BCUT2D eigenvalue weighted by Gasteiger charge is 2.20. The van der Waals surface area contributed by atoms with Crippen molar-refractivity contribution in [3.05, 3.63) is 145 Å². The predicted molar refractivity (Wildman–Crippen MR) is 165 cm³/mol. The van der Waals surface area contributed by atoms with Crippen LogP contribution in [0, 0.1) is 0 Å². The summed E-state index contributed by atoms with van der Waals surface area (Å²) in [5, 5.41) is -0.677. The second-order valence-corrected chi connectivity index (χ2v) is 8.71. The maximum absolute atomic E-state index is 9.28. The Labute approximate surface area is 251 Å². The molecule has 8 aromatic rings. The third kappa shape index (κ3) is 3.34. The number of furan rings is 1. The van der Waals surface area contributed by atoms with Crippen molar-refractivity contribution in [2.75, 3.05) is 0 Å². The van der Waals surface area contributed by atoms with Gasteiger partial charge in [0, 0.05) is 16.3 Å². The molecule has 0 bridgehead atoms. The Morgan fingerprint density at radius 2 is 0.949 bits per heavy atom. The molecular formula is C38H24O. The van der Waals surface area contributed by atoms with Crippen LogP contribution in [0.15, 0.2) is 150 Å². The average molecular weight is 515 g/mol. The van der Waals surface area contributed by atoms with Gasteiger partial charge in [-0.25, -0.2) is 0 Å². The lowest BCUT2D eigenvalue weighted by atomic mass is 9.85. The number of hydrogen-bond acceptors (Lipinski definition) is 1. The molecule has 0 fully saturated rings. The van der Waals surface area contributed by atoms with Crippen LogP contribution in [0.5, 0.6) is 0 Å². The summed E-state index contributed by atoms with van der Waals surface area (Å²) in [5.41, 5.74) is -0.637. The minimum Gasteiger partial charge on any atom is -0.455 e. The molecule has 0 atom stereocenters. The van der Waals surface area contributed by atoms with Crippen molar-refractivity contribution in [2.45, 2.75) is 0 Å². The number of para-hydroxylation sites is 1. The van der Waals surface area contributed by atoms with E-state index in [9.17, 15) is 5.48 Å². The maximum Gasteiger partial charge on any atom is 0.143 e. The molecule has 0 aliphatic carbocycles. The summed E-state index contributed by atoms with van der Waals surface area (Å²) in [6.45, 7) is 0. The Kier molecular flexibility index (Phi) is 2.36. The SMILES string of the molecule is [2H]c1c([2H])c([2H])c(-c2cccc3c2oc2cccc(-c4c5c([2H])c([2H])c([2H])c([2H])c5c(-c5c([2H])c([2H])c([2H])c([2H])c5[2H])c5c([2H])c([2H])c([2H])c([2H])c45)c23)c([2H])c1[2H]. The molecule has 0 spiro atoms. The summed E-state index contributed by atoms with van der Waals surface area (Å²) < 4.78 is 163. The van der Waals surface area contributed by atoms with E-state index in [-0.39, 0.29) is 60.4 Å². The van der Waals surface area contributed by atoms with E-state index in [1.807, 2.05) is 0 Å². The Bertz CT molecular complexity index is 3030. The van der Waals surface area contributed by atoms with Crippen LogP contribution in [-0.2, 0) is 0 Å². The molecule has 1 heteroatoms. The van der Waals surface area contributed by atoms with Crippen LogP contribution in [0.25, 0.3) is 76.9 Å². The molecular weight excluding hydrogens is 472 g/mol. The number of benzene rings is 7. The van der Waals surface area contributed by atoms with Crippen LogP contribution in [0.3, 0.4) is 0 Å². The van der Waals surface area contributed by atoms with Crippen molar-refractivity contribution in [3.8, 4) is 33.4 Å². The van der Waals surface area contributed by atoms with Crippen molar-refractivity contribution in [1.82, 2.24) is 0 Å². The summed E-state index contributed by atoms with van der Waals surface area (Å²) in [4.78, 5) is 0. The van der Waals surface area contributed by atoms with Gasteiger partial charge < -0.3 is 4.42 Å². The first kappa shape index (κ1) is 10.6. The van der Waals surface area contributed by atoms with Crippen molar-refractivity contribution in [2.24, 2.45) is 0 Å². The number of hydrogen-bond donors (Lipinski definition) is 0. The van der Waals surface area contributed by atoms with Crippen molar-refractivity contribution in [3.63, 3.8) is 0 Å². The first-order valence-electron chi connectivity index (χ1n) is 20.9. The molecule has 1 heterocycles. The van der Waals surface area contributed by atoms with Crippen molar-refractivity contribution >= 4 is 43.5 Å². The normalized spacial score (nSPS) is 18.1. The lowest BCUT2D eigenvalue weighted by molar-refractivity contribution is 0.670. The molecule has 0 aliphatic rings. The number of fused-ring (bicyclic) bond motifs is 5. The Morgan fingerprint density at radius 3 is 1.59 bits per heavy atom. The first-order valence-corrected chi connectivity index (χ1v) is 11.9. The van der Waals surface area contributed by atoms with E-state index in [4.69, 9.17) is 23.6 Å². The zero-order valence-corrected chi connectivity index (χ0v) is 19.9. The third-order valence-corrected chi connectivity index (χ3v) is 6.69. The minimum absolute atomic E-state index is 0.0895. The standard InChI is InChI=1S/C38H24O/c1-3-13-25(14-4-1)27-21-11-23-33-37-32(22-12-24-34(37)39-38(27)33)36-30-19-9-7-17-28(30)35(26-15-5-2-6-16-26)29-18-8-10-20-31(29)36/h1-24H/i1D,2D,3D,4D,5D,6D,7D,8D,9D,10D,13D,14D,15D,16D,17D,18D,19D,20D. The Balaban J connectivity index is 1.67. The van der Waals surface area contributed by atoms with Gasteiger partial charge in [0.25, 0.3) is 0 Å². The van der Waals surface area contributed by atoms with E-state index in [1.54, 1.807) is 30.3 Å². The van der Waals surface area contributed by atoms with Crippen LogP contribution in [-0.4, -0.2) is 0 Å². The smallest absolute Gasteiger partial charge is 0.143 e. The highest BCUT2D eigenvalue weighted by Crippen LogP contribution is 2.47. The van der Waals surface area contributed by atoms with E-state index >= 15 is 0 Å². The summed E-state index contributed by atoms with van der Waals surface area (Å²) in [6, 6.07) is -2.76. The Morgan fingerprint density at radius 1 is 0.436 bits per heavy atom. The van der Waals surface area contributed by atoms with E-state index in [2.05, 4.69) is 0 Å². The fourth-order valence-corrected chi connectivity index (χ4v) is 5.16. The molecule has 0 aliphatic heterocycles. The van der Waals surface area contributed by atoms with E-state index in [0.29, 0.717) is 5.39 Å². The molecule has 39 heavy (non-hydrogen) atoms. The minimum atomic E-state index is -0.775. The van der Waals surface area contributed by atoms with Gasteiger partial charge in [-0.05, 0) is 55.4 Å². The van der Waals surface area contributed by atoms with Gasteiger partial charge in [0.1, 0.15) is 11.2 Å². The summed E-state index contributed by atoms with van der Waals surface area (Å²) in [5.74, 6) is 0. The maximum atomic E-state index is 9.28. The summed E-state index contributed by atoms with van der Waals surface area (Å²) in [6.07, 6.45) is 0. The largest absolute Gasteiger partial charge is 0.455 e. The van der Waals surface area contributed by atoms with Crippen molar-refractivity contribution in [1.29, 1.82) is 0 Å². The second kappa shape index (κ2) is 8.72. The average Bonchev–Trinajstić information content (AvgIpc) is 3.59. The zero-order chi connectivity index (χ0) is 41.4. The molecule has 0 saturated heterocycles. The third-order valence-electron chi connectivity index (χ3n) is 6.69. The molecule has 0 saturated carbocycles. The molecule has 8 rings (SSSR count). The Hall–Kier alpha value is -5.14. The molecule has 182 valence electrons. The zero-order valence-electron chi connectivity index (χ0n) is 37.9. The molecule has 0 N–H and O–H groups in total. The van der Waals surface area contributed by atoms with Gasteiger partial charge >= 0.3 is 0 Å². The van der Waals surface area contributed by atoms with Crippen LogP contribution >= 0.6 is 0 Å². The highest BCUT2D eigenvalue weighted by molar-refractivity contribution is 6.26. The molecule has 0 unspecified atom stereocenters. The van der Waals surface area contributed by atoms with E-state index in [1.165, 1.54) is 6.07 Å². The highest BCUT2D eigenvalue weighted by atomic mass is 16.3. The van der Waals surface area contributed by atoms with E-state index < -0.39 is 120 Å². The lowest BCUT2D eigenvalue weighted by Crippen LogP contribution is -1.91. The topological polar surface area (TPSA) is 13.1 Å². The molecule has 0 radical (unpaired) electrons. The van der Waals surface area contributed by atoms with Gasteiger partial charge in [0.05, 0.1) is 24.7 Å². The van der Waals surface area contributed by atoms with Crippen LogP contribution in [0.4, 0.5) is 0 Å². The fourth-order valence-electron chi connectivity index (χ4n) is 5.16. The van der Waals surface area contributed by atoms with E-state index in [0.717, 1.165) is 0 Å². The predicted octanol–water partition coefficient (Wildman–Crippen LogP) is 10.9. The van der Waals surface area contributed by atoms with Gasteiger partial charge in [-0.15, -0.1) is 0 Å². The van der Waals surface area contributed by atoms with Gasteiger partial charge in [-0.3, -0.25) is 0 Å².